The van der Waals surface area contributed by atoms with E-state index in [4.69, 9.17) is 0 Å². The van der Waals surface area contributed by atoms with Gasteiger partial charge < -0.3 is 10.0 Å². The van der Waals surface area contributed by atoms with Gasteiger partial charge in [0.25, 0.3) is 0 Å². The van der Waals surface area contributed by atoms with E-state index in [9.17, 15) is 5.11 Å². The van der Waals surface area contributed by atoms with Gasteiger partial charge in [-0.15, -0.1) is 0 Å². The van der Waals surface area contributed by atoms with Crippen molar-refractivity contribution < 1.29 is 5.11 Å². The van der Waals surface area contributed by atoms with Crippen LogP contribution in [0.2, 0.25) is 0 Å². The van der Waals surface area contributed by atoms with Gasteiger partial charge in [0, 0.05) is 6.54 Å². The summed E-state index contributed by atoms with van der Waals surface area (Å²) in [5, 5.41) is 11.1. The van der Waals surface area contributed by atoms with Gasteiger partial charge in [0.2, 0.25) is 0 Å². The third-order valence-corrected chi connectivity index (χ3v) is 5.75. The summed E-state index contributed by atoms with van der Waals surface area (Å²) in [6.45, 7) is 10.4. The van der Waals surface area contributed by atoms with E-state index in [-0.39, 0.29) is 5.60 Å². The van der Waals surface area contributed by atoms with Crippen LogP contribution in [0.25, 0.3) is 0 Å². The Hall–Kier alpha value is -0.0800. The standard InChI is InChI=1S/C16H31NO/c1-4-17-10-5-8-16(18,9-11-17)15-7-6-13(2)14(3)12-15/h13-15,18H,4-12H2,1-3H3. The SMILES string of the molecule is CCN1CCCC(O)(C2CCC(C)C(C)C2)CC1. The first kappa shape index (κ1) is 14.3. The number of likely N-dealkylation sites (tertiary alicyclic amines) is 1. The zero-order valence-electron chi connectivity index (χ0n) is 12.5. The van der Waals surface area contributed by atoms with Gasteiger partial charge in [-0.1, -0.05) is 27.2 Å². The molecular weight excluding hydrogens is 222 g/mol. The second-order valence-corrected chi connectivity index (χ2v) is 6.86. The van der Waals surface area contributed by atoms with Crippen LogP contribution in [0.4, 0.5) is 0 Å². The summed E-state index contributed by atoms with van der Waals surface area (Å²) >= 11 is 0. The Kier molecular flexibility index (Phi) is 4.71. The molecule has 2 heteroatoms. The Morgan fingerprint density at radius 3 is 2.56 bits per heavy atom. The smallest absolute Gasteiger partial charge is 0.0688 e. The van der Waals surface area contributed by atoms with Crippen LogP contribution in [-0.4, -0.2) is 35.2 Å². The minimum absolute atomic E-state index is 0.363. The van der Waals surface area contributed by atoms with Gasteiger partial charge in [-0.25, -0.2) is 0 Å². The number of hydrogen-bond acceptors (Lipinski definition) is 2. The largest absolute Gasteiger partial charge is 0.390 e. The molecule has 0 aromatic heterocycles. The lowest BCUT2D eigenvalue weighted by Gasteiger charge is -2.42. The quantitative estimate of drug-likeness (QED) is 0.816. The molecule has 0 amide bonds. The van der Waals surface area contributed by atoms with Crippen LogP contribution < -0.4 is 0 Å². The van der Waals surface area contributed by atoms with Gasteiger partial charge in [0.1, 0.15) is 0 Å². The maximum Gasteiger partial charge on any atom is 0.0688 e. The van der Waals surface area contributed by atoms with Crippen molar-refractivity contribution in [1.29, 1.82) is 0 Å². The normalized spacial score (nSPS) is 43.7. The summed E-state index contributed by atoms with van der Waals surface area (Å²) in [7, 11) is 0. The van der Waals surface area contributed by atoms with Crippen molar-refractivity contribution in [3.63, 3.8) is 0 Å². The fourth-order valence-corrected chi connectivity index (χ4v) is 3.96. The van der Waals surface area contributed by atoms with Crippen molar-refractivity contribution in [2.75, 3.05) is 19.6 Å². The molecular formula is C16H31NO. The lowest BCUT2D eigenvalue weighted by atomic mass is 9.67. The molecule has 4 atom stereocenters. The first-order chi connectivity index (χ1) is 8.55. The van der Waals surface area contributed by atoms with E-state index in [2.05, 4.69) is 25.7 Å². The highest BCUT2D eigenvalue weighted by Crippen LogP contribution is 2.42. The zero-order chi connectivity index (χ0) is 13.2. The number of nitrogens with zero attached hydrogens (tertiary/aromatic N) is 1. The second kappa shape index (κ2) is 5.92. The van der Waals surface area contributed by atoms with Crippen LogP contribution in [0.3, 0.4) is 0 Å². The van der Waals surface area contributed by atoms with Crippen molar-refractivity contribution in [2.45, 2.75) is 64.9 Å². The van der Waals surface area contributed by atoms with E-state index >= 15 is 0 Å². The van der Waals surface area contributed by atoms with Gasteiger partial charge >= 0.3 is 0 Å². The number of rotatable bonds is 2. The first-order valence-electron chi connectivity index (χ1n) is 8.00. The van der Waals surface area contributed by atoms with Gasteiger partial charge in [0.15, 0.2) is 0 Å². The summed E-state index contributed by atoms with van der Waals surface area (Å²) in [4.78, 5) is 2.49. The van der Waals surface area contributed by atoms with Gasteiger partial charge in [0.05, 0.1) is 5.60 Å². The summed E-state index contributed by atoms with van der Waals surface area (Å²) in [5.74, 6) is 2.20. The highest BCUT2D eigenvalue weighted by atomic mass is 16.3. The Balaban J connectivity index is 1.97. The van der Waals surface area contributed by atoms with E-state index in [1.165, 1.54) is 32.2 Å². The molecule has 0 radical (unpaired) electrons. The van der Waals surface area contributed by atoms with Crippen LogP contribution in [0.1, 0.15) is 59.3 Å². The molecule has 18 heavy (non-hydrogen) atoms. The van der Waals surface area contributed by atoms with Crippen molar-refractivity contribution in [2.24, 2.45) is 17.8 Å². The summed E-state index contributed by atoms with van der Waals surface area (Å²) in [6.07, 6.45) is 6.98. The van der Waals surface area contributed by atoms with Crippen LogP contribution >= 0.6 is 0 Å². The lowest BCUT2D eigenvalue weighted by molar-refractivity contribution is -0.0572. The summed E-state index contributed by atoms with van der Waals surface area (Å²) in [5.41, 5.74) is -0.363. The third-order valence-electron chi connectivity index (χ3n) is 5.75. The molecule has 0 aromatic rings. The molecule has 1 N–H and O–H groups in total. The van der Waals surface area contributed by atoms with Crippen LogP contribution in [0.5, 0.6) is 0 Å². The maximum absolute atomic E-state index is 11.1. The van der Waals surface area contributed by atoms with Crippen molar-refractivity contribution in [3.8, 4) is 0 Å². The molecule has 2 aliphatic rings. The Labute approximate surface area is 113 Å². The monoisotopic (exact) mass is 253 g/mol. The molecule has 4 unspecified atom stereocenters. The van der Waals surface area contributed by atoms with Crippen molar-refractivity contribution in [3.05, 3.63) is 0 Å². The van der Waals surface area contributed by atoms with Gasteiger partial charge in [-0.3, -0.25) is 0 Å². The van der Waals surface area contributed by atoms with Crippen molar-refractivity contribution >= 4 is 0 Å². The Bertz CT molecular complexity index is 268. The predicted molar refractivity (Wildman–Crippen MR) is 76.6 cm³/mol. The number of hydrogen-bond donors (Lipinski definition) is 1. The Morgan fingerprint density at radius 2 is 1.89 bits per heavy atom. The second-order valence-electron chi connectivity index (χ2n) is 6.86. The topological polar surface area (TPSA) is 23.5 Å². The van der Waals surface area contributed by atoms with Crippen LogP contribution in [0, 0.1) is 17.8 Å². The molecule has 0 aromatic carbocycles. The third kappa shape index (κ3) is 3.08. The molecule has 1 aliphatic heterocycles. The minimum atomic E-state index is -0.363. The van der Waals surface area contributed by atoms with Gasteiger partial charge in [-0.2, -0.15) is 0 Å². The Morgan fingerprint density at radius 1 is 1.11 bits per heavy atom. The van der Waals surface area contributed by atoms with E-state index in [0.29, 0.717) is 5.92 Å². The molecule has 1 saturated heterocycles. The van der Waals surface area contributed by atoms with Crippen LogP contribution in [0.15, 0.2) is 0 Å². The van der Waals surface area contributed by atoms with Crippen molar-refractivity contribution in [1.82, 2.24) is 4.90 Å². The molecule has 2 rings (SSSR count). The molecule has 0 bridgehead atoms. The lowest BCUT2D eigenvalue weighted by Crippen LogP contribution is -2.42. The zero-order valence-corrected chi connectivity index (χ0v) is 12.5. The van der Waals surface area contributed by atoms with E-state index < -0.39 is 0 Å². The molecule has 1 heterocycles. The maximum atomic E-state index is 11.1. The predicted octanol–water partition coefficient (Wildman–Crippen LogP) is 3.30. The fourth-order valence-electron chi connectivity index (χ4n) is 3.96. The molecule has 2 nitrogen and oxygen atoms in total. The fraction of sp³-hybridized carbons (Fsp3) is 1.00. The molecule has 1 saturated carbocycles. The van der Waals surface area contributed by atoms with E-state index in [1.807, 2.05) is 0 Å². The average Bonchev–Trinajstić information content (AvgIpc) is 2.55. The molecule has 0 spiro atoms. The number of aliphatic hydroxyl groups is 1. The molecule has 2 fully saturated rings. The average molecular weight is 253 g/mol. The van der Waals surface area contributed by atoms with E-state index in [0.717, 1.165) is 37.8 Å². The minimum Gasteiger partial charge on any atom is -0.390 e. The van der Waals surface area contributed by atoms with Gasteiger partial charge in [-0.05, 0) is 62.9 Å². The molecule has 106 valence electrons. The van der Waals surface area contributed by atoms with E-state index in [1.54, 1.807) is 0 Å². The molecule has 1 aliphatic carbocycles. The highest BCUT2D eigenvalue weighted by molar-refractivity contribution is 4.93. The summed E-state index contributed by atoms with van der Waals surface area (Å²) in [6, 6.07) is 0. The van der Waals surface area contributed by atoms with Crippen LogP contribution in [-0.2, 0) is 0 Å². The summed E-state index contributed by atoms with van der Waals surface area (Å²) < 4.78 is 0. The highest BCUT2D eigenvalue weighted by Gasteiger charge is 2.40. The first-order valence-corrected chi connectivity index (χ1v) is 8.00.